The van der Waals surface area contributed by atoms with Crippen LogP contribution < -0.4 is 0 Å². The second-order valence-corrected chi connectivity index (χ2v) is 15.4. The molecule has 0 bridgehead atoms. The van der Waals surface area contributed by atoms with Crippen molar-refractivity contribution >= 4 is 47.8 Å². The number of carbonyl (C=O) groups is 8. The van der Waals surface area contributed by atoms with Crippen LogP contribution in [0.3, 0.4) is 0 Å². The number of esters is 8. The third-order valence-corrected chi connectivity index (χ3v) is 9.54. The zero-order chi connectivity index (χ0) is 49.7. The molecule has 26 nitrogen and oxygen atoms in total. The van der Waals surface area contributed by atoms with Crippen LogP contribution >= 0.6 is 0 Å². The lowest BCUT2D eigenvalue weighted by molar-refractivity contribution is -0.310. The first kappa shape index (κ1) is 52.1. The van der Waals surface area contributed by atoms with Crippen LogP contribution in [0.25, 0.3) is 0 Å². The van der Waals surface area contributed by atoms with Gasteiger partial charge in [-0.15, -0.1) is 10.2 Å². The summed E-state index contributed by atoms with van der Waals surface area (Å²) < 4.78 is 69.8. The van der Waals surface area contributed by atoms with E-state index in [-0.39, 0.29) is 26.3 Å². The van der Waals surface area contributed by atoms with Gasteiger partial charge < -0.3 is 56.8 Å². The summed E-state index contributed by atoms with van der Waals surface area (Å²) in [6, 6.07) is 7.48. The maximum atomic E-state index is 12.2. The molecule has 0 N–H and O–H groups in total. The molecule has 0 unspecified atom stereocenters. The summed E-state index contributed by atoms with van der Waals surface area (Å²) in [7, 11) is 0. The van der Waals surface area contributed by atoms with Crippen LogP contribution in [0.1, 0.15) is 77.9 Å². The smallest absolute Gasteiger partial charge is 0.303 e. The maximum Gasteiger partial charge on any atom is 0.303 e. The molecule has 10 atom stereocenters. The summed E-state index contributed by atoms with van der Waals surface area (Å²) in [6.45, 7) is 8.25. The summed E-state index contributed by atoms with van der Waals surface area (Å²) in [5.41, 5.74) is 2.31. The fourth-order valence-corrected chi connectivity index (χ4v) is 7.15. The van der Waals surface area contributed by atoms with Gasteiger partial charge in [-0.2, -0.15) is 0 Å². The Bertz CT molecular complexity index is 2130. The molecule has 2 fully saturated rings. The van der Waals surface area contributed by atoms with Crippen LogP contribution in [-0.2, 0) is 122 Å². The van der Waals surface area contributed by atoms with Crippen molar-refractivity contribution < 1.29 is 95.2 Å². The van der Waals surface area contributed by atoms with Gasteiger partial charge in [0.1, 0.15) is 36.8 Å². The van der Waals surface area contributed by atoms with E-state index >= 15 is 0 Å². The van der Waals surface area contributed by atoms with E-state index in [1.165, 1.54) is 0 Å². The fraction of sp³-hybridized carbons (Fsp3) is 0.571. The van der Waals surface area contributed by atoms with Gasteiger partial charge in [0.25, 0.3) is 0 Å². The largest absolute Gasteiger partial charge is 0.463 e. The average Bonchev–Trinajstić information content (AvgIpc) is 3.89. The summed E-state index contributed by atoms with van der Waals surface area (Å²) in [5.74, 6) is -5.99. The van der Waals surface area contributed by atoms with E-state index < -0.39 is 122 Å². The van der Waals surface area contributed by atoms with Gasteiger partial charge in [-0.05, 0) is 11.1 Å². The molecule has 2 saturated heterocycles. The number of nitrogens with zero attached hydrogens (tertiary/aromatic N) is 6. The van der Waals surface area contributed by atoms with Crippen LogP contribution in [0.2, 0.25) is 0 Å². The molecule has 0 aliphatic carbocycles. The first-order valence-electron chi connectivity index (χ1n) is 20.9. The lowest BCUT2D eigenvalue weighted by Gasteiger charge is -2.43. The number of hydrogen-bond donors (Lipinski definition) is 0. The third kappa shape index (κ3) is 15.6. The molecule has 0 saturated carbocycles. The third-order valence-electron chi connectivity index (χ3n) is 9.54. The van der Waals surface area contributed by atoms with Gasteiger partial charge in [-0.25, -0.2) is 9.36 Å². The Kier molecular flexibility index (Phi) is 18.5. The number of hydrogen-bond acceptors (Lipinski definition) is 24. The van der Waals surface area contributed by atoms with E-state index in [4.69, 9.17) is 56.8 Å². The molecule has 4 heterocycles. The Morgan fingerprint density at radius 1 is 0.485 bits per heavy atom. The van der Waals surface area contributed by atoms with Gasteiger partial charge >= 0.3 is 47.8 Å². The highest BCUT2D eigenvalue weighted by molar-refractivity contribution is 5.70. The Hall–Kier alpha value is -6.90. The van der Waals surface area contributed by atoms with E-state index in [9.17, 15) is 38.4 Å². The molecule has 26 heteroatoms. The Morgan fingerprint density at radius 2 is 0.824 bits per heavy atom. The minimum Gasteiger partial charge on any atom is -0.463 e. The molecule has 370 valence electrons. The monoisotopic (exact) mass is 960 g/mol. The van der Waals surface area contributed by atoms with Gasteiger partial charge in [0.05, 0.1) is 38.7 Å². The lowest BCUT2D eigenvalue weighted by atomic mass is 9.98. The summed E-state index contributed by atoms with van der Waals surface area (Å²) in [4.78, 5) is 96.1. The zero-order valence-corrected chi connectivity index (χ0v) is 38.3. The predicted molar refractivity (Wildman–Crippen MR) is 218 cm³/mol. The first-order valence-corrected chi connectivity index (χ1v) is 20.9. The van der Waals surface area contributed by atoms with Crippen molar-refractivity contribution in [3.63, 3.8) is 0 Å². The summed E-state index contributed by atoms with van der Waals surface area (Å²) in [5, 5.41) is 16.7. The lowest BCUT2D eigenvalue weighted by Crippen LogP contribution is -2.62. The maximum absolute atomic E-state index is 12.2. The Morgan fingerprint density at radius 3 is 1.16 bits per heavy atom. The summed E-state index contributed by atoms with van der Waals surface area (Å²) >= 11 is 0. The number of rotatable bonds is 20. The van der Waals surface area contributed by atoms with Gasteiger partial charge in [0, 0.05) is 55.4 Å². The molecule has 5 rings (SSSR count). The molecule has 2 aromatic heterocycles. The molecule has 0 amide bonds. The van der Waals surface area contributed by atoms with Crippen molar-refractivity contribution in [3.8, 4) is 0 Å². The minimum absolute atomic E-state index is 0.236. The van der Waals surface area contributed by atoms with Crippen LogP contribution in [0.5, 0.6) is 0 Å². The van der Waals surface area contributed by atoms with Crippen LogP contribution in [0.15, 0.2) is 36.7 Å². The molecular weight excluding hydrogens is 908 g/mol. The number of aromatic nitrogens is 6. The average molecular weight is 961 g/mol. The van der Waals surface area contributed by atoms with Crippen molar-refractivity contribution in [2.45, 2.75) is 143 Å². The second kappa shape index (κ2) is 24.2. The highest BCUT2D eigenvalue weighted by Crippen LogP contribution is 2.32. The molecule has 0 radical (unpaired) electrons. The first-order chi connectivity index (χ1) is 32.2. The van der Waals surface area contributed by atoms with E-state index in [1.807, 2.05) is 24.3 Å². The van der Waals surface area contributed by atoms with Gasteiger partial charge in [0.15, 0.2) is 49.2 Å². The van der Waals surface area contributed by atoms with Gasteiger partial charge in [0.2, 0.25) is 0 Å². The van der Waals surface area contributed by atoms with E-state index in [0.717, 1.165) is 66.5 Å². The van der Waals surface area contributed by atoms with Crippen molar-refractivity contribution in [1.82, 2.24) is 30.0 Å². The molecule has 1 aromatic carbocycles. The van der Waals surface area contributed by atoms with Crippen molar-refractivity contribution in [3.05, 3.63) is 59.2 Å². The molecule has 2 aliphatic heterocycles. The molecular formula is C42H52N6O20. The zero-order valence-electron chi connectivity index (χ0n) is 38.3. The fourth-order valence-electron chi connectivity index (χ4n) is 7.15. The van der Waals surface area contributed by atoms with E-state index in [2.05, 4.69) is 20.6 Å². The highest BCUT2D eigenvalue weighted by atomic mass is 16.7. The molecule has 2 aliphatic rings. The Labute approximate surface area is 387 Å². The predicted octanol–water partition coefficient (Wildman–Crippen LogP) is 0.166. The normalized spacial score (nSPS) is 24.4. The number of benzene rings is 1. The molecule has 0 spiro atoms. The van der Waals surface area contributed by atoms with Crippen molar-refractivity contribution in [1.29, 1.82) is 0 Å². The van der Waals surface area contributed by atoms with Gasteiger partial charge in [-0.3, -0.25) is 38.4 Å². The van der Waals surface area contributed by atoms with E-state index in [0.29, 0.717) is 11.4 Å². The minimum atomic E-state index is -1.41. The quantitative estimate of drug-likeness (QED) is 0.108. The van der Waals surface area contributed by atoms with Crippen molar-refractivity contribution in [2.75, 3.05) is 13.2 Å². The highest BCUT2D eigenvalue weighted by Gasteiger charge is 2.54. The standard InChI is InChI=1S/C42H52N6O20/c1-21(49)57-19-33-35(61-23(3)51)37(63-25(5)53)39(65-27(7)55)41(67-33)59-17-31-15-47(45-43-31)13-29-10-9-11-30(12-29)14-48-16-32(44-46-48)18-60-42-40(66-28(8)56)38(64-26(6)54)36(62-24(4)52)34(68-42)20-58-22(2)50/h9-12,15-16,33-42H,13-14,17-20H2,1-8H3/t33-,34-,35-,36-,37+,38+,39+,40+,41+,42+/m1/s1. The Balaban J connectivity index is 1.23. The SMILES string of the molecule is CC(=O)OC[C@H]1O[C@H](OCc2cn(Cc3cccc(Cn4cc(CO[C@H]5O[C@H](COC(C)=O)[C@@H](OC(C)=O)[C@H](OC(C)=O)[C@@H]5OC(C)=O)nn4)c3)nn2)[C@@H](OC(C)=O)[C@@H](OC(C)=O)[C@@H]1OC(C)=O. The van der Waals surface area contributed by atoms with Crippen molar-refractivity contribution in [2.24, 2.45) is 0 Å². The molecule has 3 aromatic rings. The second-order valence-electron chi connectivity index (χ2n) is 15.4. The number of ether oxygens (including phenoxy) is 12. The molecule has 68 heavy (non-hydrogen) atoms. The van der Waals surface area contributed by atoms with Crippen LogP contribution in [0, 0.1) is 0 Å². The number of carbonyl (C=O) groups excluding carboxylic acids is 8. The van der Waals surface area contributed by atoms with Gasteiger partial charge in [-0.1, -0.05) is 34.7 Å². The topological polar surface area (TPSA) is 309 Å². The summed E-state index contributed by atoms with van der Waals surface area (Å²) in [6.07, 6.45) is -10.3. The van der Waals surface area contributed by atoms with Crippen LogP contribution in [-0.4, -0.2) is 152 Å². The van der Waals surface area contributed by atoms with Crippen LogP contribution in [0.4, 0.5) is 0 Å². The van der Waals surface area contributed by atoms with E-state index in [1.54, 1.807) is 21.8 Å².